The van der Waals surface area contributed by atoms with Gasteiger partial charge in [0.15, 0.2) is 0 Å². The van der Waals surface area contributed by atoms with E-state index in [9.17, 15) is 4.79 Å². The van der Waals surface area contributed by atoms with Crippen LogP contribution in [0.15, 0.2) is 24.3 Å². The van der Waals surface area contributed by atoms with Crippen molar-refractivity contribution in [3.8, 4) is 0 Å². The first-order valence-electron chi connectivity index (χ1n) is 5.60. The van der Waals surface area contributed by atoms with Crippen molar-refractivity contribution in [2.24, 2.45) is 5.73 Å². The summed E-state index contributed by atoms with van der Waals surface area (Å²) in [4.78, 5) is 11.4. The van der Waals surface area contributed by atoms with Gasteiger partial charge in [0.25, 0.3) is 0 Å². The second kappa shape index (κ2) is 6.85. The lowest BCUT2D eigenvalue weighted by molar-refractivity contribution is 0.252. The molecule has 0 atom stereocenters. The Balaban J connectivity index is 2.37. The molecule has 0 aliphatic rings. The highest BCUT2D eigenvalue weighted by atomic mass is 16.2. The van der Waals surface area contributed by atoms with Crippen molar-refractivity contribution in [1.82, 2.24) is 5.32 Å². The lowest BCUT2D eigenvalue weighted by atomic mass is 10.2. The summed E-state index contributed by atoms with van der Waals surface area (Å²) in [5.41, 5.74) is 7.32. The molecule has 0 bridgehead atoms. The van der Waals surface area contributed by atoms with Crippen molar-refractivity contribution < 1.29 is 4.79 Å². The Kier molecular flexibility index (Phi) is 5.36. The molecule has 0 aromatic heterocycles. The smallest absolute Gasteiger partial charge is 0.319 e. The molecule has 0 aliphatic heterocycles. The second-order valence-corrected chi connectivity index (χ2v) is 3.64. The molecule has 88 valence electrons. The molecule has 0 radical (unpaired) electrons. The van der Waals surface area contributed by atoms with Crippen molar-refractivity contribution in [3.63, 3.8) is 0 Å². The molecule has 0 aliphatic carbocycles. The lowest BCUT2D eigenvalue weighted by Gasteiger charge is -2.07. The molecule has 0 unspecified atom stereocenters. The predicted octanol–water partition coefficient (Wildman–Crippen LogP) is 2.07. The highest BCUT2D eigenvalue weighted by molar-refractivity contribution is 5.89. The number of urea groups is 1. The topological polar surface area (TPSA) is 67.2 Å². The molecule has 1 aromatic rings. The highest BCUT2D eigenvalue weighted by Crippen LogP contribution is 2.08. The summed E-state index contributed by atoms with van der Waals surface area (Å²) in [6, 6.07) is 7.35. The molecule has 0 saturated carbocycles. The van der Waals surface area contributed by atoms with Crippen molar-refractivity contribution in [1.29, 1.82) is 0 Å². The van der Waals surface area contributed by atoms with Gasteiger partial charge in [0.1, 0.15) is 0 Å². The number of unbranched alkanes of at least 4 members (excludes halogenated alkanes) is 1. The lowest BCUT2D eigenvalue weighted by Crippen LogP contribution is -2.29. The van der Waals surface area contributed by atoms with E-state index in [1.54, 1.807) is 0 Å². The highest BCUT2D eigenvalue weighted by Gasteiger charge is 1.99. The molecule has 1 rings (SSSR count). The van der Waals surface area contributed by atoms with Crippen molar-refractivity contribution in [2.75, 3.05) is 11.9 Å². The van der Waals surface area contributed by atoms with Gasteiger partial charge in [-0.2, -0.15) is 0 Å². The SMILES string of the molecule is CCCCNC(=O)Nc1ccc(CN)cc1. The summed E-state index contributed by atoms with van der Waals surface area (Å²) in [7, 11) is 0. The zero-order chi connectivity index (χ0) is 11.8. The summed E-state index contributed by atoms with van der Waals surface area (Å²) in [5, 5.41) is 5.55. The van der Waals surface area contributed by atoms with E-state index in [4.69, 9.17) is 5.73 Å². The van der Waals surface area contributed by atoms with Crippen molar-refractivity contribution in [2.45, 2.75) is 26.3 Å². The summed E-state index contributed by atoms with van der Waals surface area (Å²) in [6.45, 7) is 3.32. The van der Waals surface area contributed by atoms with Gasteiger partial charge in [-0.05, 0) is 24.1 Å². The van der Waals surface area contributed by atoms with Gasteiger partial charge in [-0.15, -0.1) is 0 Å². The van der Waals surface area contributed by atoms with Crippen molar-refractivity contribution >= 4 is 11.7 Å². The largest absolute Gasteiger partial charge is 0.338 e. The number of anilines is 1. The standard InChI is InChI=1S/C12H19N3O/c1-2-3-8-14-12(16)15-11-6-4-10(9-13)5-7-11/h4-7H,2-3,8-9,13H2,1H3,(H2,14,15,16). The molecule has 4 heteroatoms. The minimum Gasteiger partial charge on any atom is -0.338 e. The Bertz CT molecular complexity index is 322. The van der Waals surface area contributed by atoms with Crippen LogP contribution in [0, 0.1) is 0 Å². The number of hydrogen-bond donors (Lipinski definition) is 3. The first-order valence-corrected chi connectivity index (χ1v) is 5.60. The van der Waals surface area contributed by atoms with Gasteiger partial charge < -0.3 is 16.4 Å². The van der Waals surface area contributed by atoms with E-state index in [-0.39, 0.29) is 6.03 Å². The number of amides is 2. The van der Waals surface area contributed by atoms with E-state index in [1.807, 2.05) is 24.3 Å². The monoisotopic (exact) mass is 221 g/mol. The van der Waals surface area contributed by atoms with E-state index >= 15 is 0 Å². The predicted molar refractivity (Wildman–Crippen MR) is 66.3 cm³/mol. The first kappa shape index (κ1) is 12.5. The maximum absolute atomic E-state index is 11.4. The third-order valence-corrected chi connectivity index (χ3v) is 2.26. The molecule has 0 heterocycles. The molecule has 0 fully saturated rings. The van der Waals surface area contributed by atoms with Gasteiger partial charge in [-0.1, -0.05) is 25.5 Å². The molecular weight excluding hydrogens is 202 g/mol. The van der Waals surface area contributed by atoms with Crippen LogP contribution in [0.4, 0.5) is 10.5 Å². The zero-order valence-corrected chi connectivity index (χ0v) is 9.62. The van der Waals surface area contributed by atoms with Crippen LogP contribution >= 0.6 is 0 Å². The van der Waals surface area contributed by atoms with Gasteiger partial charge in [-0.25, -0.2) is 4.79 Å². The van der Waals surface area contributed by atoms with Gasteiger partial charge in [0.2, 0.25) is 0 Å². The number of nitrogens with one attached hydrogen (secondary N) is 2. The average Bonchev–Trinajstić information content (AvgIpc) is 2.30. The van der Waals surface area contributed by atoms with E-state index in [2.05, 4.69) is 17.6 Å². The van der Waals surface area contributed by atoms with Crippen molar-refractivity contribution in [3.05, 3.63) is 29.8 Å². The molecule has 16 heavy (non-hydrogen) atoms. The third-order valence-electron chi connectivity index (χ3n) is 2.26. The summed E-state index contributed by atoms with van der Waals surface area (Å²) < 4.78 is 0. The minimum absolute atomic E-state index is 0.158. The normalized spacial score (nSPS) is 9.88. The van der Waals surface area contributed by atoms with Crippen LogP contribution in [0.2, 0.25) is 0 Å². The summed E-state index contributed by atoms with van der Waals surface area (Å²) in [5.74, 6) is 0. The van der Waals surface area contributed by atoms with Crippen LogP contribution in [0.5, 0.6) is 0 Å². The van der Waals surface area contributed by atoms with Crippen LogP contribution in [-0.4, -0.2) is 12.6 Å². The Labute approximate surface area is 96.2 Å². The van der Waals surface area contributed by atoms with Gasteiger partial charge in [-0.3, -0.25) is 0 Å². The molecular formula is C12H19N3O. The molecule has 0 saturated heterocycles. The summed E-state index contributed by atoms with van der Waals surface area (Å²) in [6.07, 6.45) is 2.07. The van der Waals surface area contributed by atoms with Crippen LogP contribution in [0.3, 0.4) is 0 Å². The Morgan fingerprint density at radius 1 is 1.31 bits per heavy atom. The fourth-order valence-corrected chi connectivity index (χ4v) is 1.28. The quantitative estimate of drug-likeness (QED) is 0.666. The molecule has 4 N–H and O–H groups in total. The molecule has 1 aromatic carbocycles. The van der Waals surface area contributed by atoms with E-state index < -0.39 is 0 Å². The third kappa shape index (κ3) is 4.31. The van der Waals surface area contributed by atoms with Gasteiger partial charge in [0.05, 0.1) is 0 Å². The Morgan fingerprint density at radius 2 is 2.00 bits per heavy atom. The zero-order valence-electron chi connectivity index (χ0n) is 9.62. The maximum Gasteiger partial charge on any atom is 0.319 e. The number of rotatable bonds is 5. The van der Waals surface area contributed by atoms with E-state index in [1.165, 1.54) is 0 Å². The van der Waals surface area contributed by atoms with Gasteiger partial charge in [0, 0.05) is 18.8 Å². The molecule has 4 nitrogen and oxygen atoms in total. The number of nitrogens with two attached hydrogens (primary N) is 1. The number of carbonyl (C=O) groups is 1. The Morgan fingerprint density at radius 3 is 2.56 bits per heavy atom. The number of benzene rings is 1. The van der Waals surface area contributed by atoms with Crippen LogP contribution in [0.25, 0.3) is 0 Å². The molecule has 2 amide bonds. The maximum atomic E-state index is 11.4. The van der Waals surface area contributed by atoms with Crippen LogP contribution < -0.4 is 16.4 Å². The summed E-state index contributed by atoms with van der Waals surface area (Å²) >= 11 is 0. The van der Waals surface area contributed by atoms with Crippen LogP contribution in [-0.2, 0) is 6.54 Å². The Hall–Kier alpha value is -1.55. The first-order chi connectivity index (χ1) is 7.76. The fourth-order valence-electron chi connectivity index (χ4n) is 1.28. The van der Waals surface area contributed by atoms with Gasteiger partial charge >= 0.3 is 6.03 Å². The number of carbonyl (C=O) groups excluding carboxylic acids is 1. The second-order valence-electron chi connectivity index (χ2n) is 3.64. The average molecular weight is 221 g/mol. The van der Waals surface area contributed by atoms with E-state index in [0.29, 0.717) is 13.1 Å². The fraction of sp³-hybridized carbons (Fsp3) is 0.417. The minimum atomic E-state index is -0.158. The van der Waals surface area contributed by atoms with Crippen LogP contribution in [0.1, 0.15) is 25.3 Å². The number of hydrogen-bond acceptors (Lipinski definition) is 2. The molecule has 0 spiro atoms. The van der Waals surface area contributed by atoms with E-state index in [0.717, 1.165) is 24.1 Å².